The van der Waals surface area contributed by atoms with Crippen LogP contribution in [0, 0.1) is 5.92 Å². The molecule has 1 saturated heterocycles. The van der Waals surface area contributed by atoms with Crippen LogP contribution in [0.4, 0.5) is 39.5 Å². The minimum Gasteiger partial charge on any atom is -0.368 e. The summed E-state index contributed by atoms with van der Waals surface area (Å²) in [6, 6.07) is 2.19. The molecule has 1 aromatic carbocycles. The highest BCUT2D eigenvalue weighted by Crippen LogP contribution is 2.39. The Hall–Kier alpha value is -3.77. The molecule has 280 valence electrons. The molecule has 1 aliphatic heterocycles. The fourth-order valence-corrected chi connectivity index (χ4v) is 6.53. The van der Waals surface area contributed by atoms with Gasteiger partial charge in [-0.05, 0) is 99.8 Å². The molecule has 18 heteroatoms. The number of carbonyl (C=O) groups is 1. The fourth-order valence-electron chi connectivity index (χ4n) is 6.53. The number of nitrogens with zero attached hydrogens (tertiary/aromatic N) is 5. The molecule has 0 radical (unpaired) electrons. The molecular weight excluding hydrogens is 683 g/mol. The molecule has 2 aliphatic rings. The topological polar surface area (TPSA) is 120 Å². The number of hydrazone groups is 1. The number of benzene rings is 1. The number of halogens is 9. The molecule has 0 spiro atoms. The van der Waals surface area contributed by atoms with E-state index in [4.69, 9.17) is 17.3 Å². The van der Waals surface area contributed by atoms with Gasteiger partial charge in [0.2, 0.25) is 11.9 Å². The normalized spacial score (nSPS) is 18.6. The van der Waals surface area contributed by atoms with Crippen LogP contribution in [-0.2, 0) is 17.5 Å². The Bertz CT molecular complexity index is 1470. The number of primary amides is 1. The fraction of sp³-hybridized carbons (Fsp3) is 0.562. The first-order valence-corrected chi connectivity index (χ1v) is 15.8. The molecule has 1 heterocycles. The van der Waals surface area contributed by atoms with Gasteiger partial charge in [0.05, 0.1) is 17.2 Å². The molecule has 0 saturated carbocycles. The zero-order valence-corrected chi connectivity index (χ0v) is 28.1. The maximum absolute atomic E-state index is 14.0. The van der Waals surface area contributed by atoms with Gasteiger partial charge in [-0.2, -0.15) is 39.5 Å². The van der Waals surface area contributed by atoms with Crippen molar-refractivity contribution in [3.05, 3.63) is 69.8 Å². The van der Waals surface area contributed by atoms with E-state index in [9.17, 15) is 44.3 Å². The van der Waals surface area contributed by atoms with Gasteiger partial charge in [0.25, 0.3) is 0 Å². The van der Waals surface area contributed by atoms with Gasteiger partial charge < -0.3 is 16.4 Å². The average Bonchev–Trinajstić information content (AvgIpc) is 3.21. The largest absolute Gasteiger partial charge is 0.416 e. The highest BCUT2D eigenvalue weighted by Gasteiger charge is 2.39. The number of likely N-dealkylation sites (tertiary alicyclic amines) is 1. The van der Waals surface area contributed by atoms with Crippen molar-refractivity contribution in [1.82, 2.24) is 19.8 Å². The van der Waals surface area contributed by atoms with E-state index in [0.717, 1.165) is 22.2 Å². The first-order valence-electron chi connectivity index (χ1n) is 15.8. The number of piperidine rings is 1. The van der Waals surface area contributed by atoms with Crippen LogP contribution in [0.5, 0.6) is 0 Å². The number of amides is 1. The molecule has 1 aliphatic carbocycles. The number of nitrogens with two attached hydrogens (primary N) is 3. The molecule has 9 nitrogen and oxygen atoms in total. The van der Waals surface area contributed by atoms with Gasteiger partial charge in [-0.3, -0.25) is 14.6 Å². The number of hydrogen-bond acceptors (Lipinski definition) is 6. The zero-order valence-electron chi connectivity index (χ0n) is 28.1. The van der Waals surface area contributed by atoms with Gasteiger partial charge in [-0.15, -0.1) is 5.10 Å². The SMILES string of the molecule is CCC(c1ccc(C(F)(F)F)cc1CN(CC1=CC(C(F)(F)F)=CCC(C(F)(F)F)=C1)/C(N)=N/N(C)N)N1CCC(C(C(N)=O)N(C)C)CC1. The zero-order chi connectivity index (χ0) is 37.8. The van der Waals surface area contributed by atoms with Gasteiger partial charge in [-0.1, -0.05) is 19.1 Å². The Morgan fingerprint density at radius 1 is 0.940 bits per heavy atom. The maximum Gasteiger partial charge on any atom is 0.416 e. The number of rotatable bonds is 11. The van der Waals surface area contributed by atoms with E-state index < -0.39 is 84.3 Å². The standard InChI is InChI=1S/C32H43F9N8O/c1-5-26(48-12-10-20(11-13-48)27(28(42)50)46(2)3)25-9-8-24(32(39,40)41)16-21(25)18-49(29(43)45-47(4)44)17-19-14-22(30(33,34)35)6-7-23(15-19)31(36,37)38/h6,8-9,14-16,20,26-27H,5,7,10-13,17-18,44H2,1-4H3,(H2,42,50)(H2,43,45). The lowest BCUT2D eigenvalue weighted by Gasteiger charge is -2.41. The van der Waals surface area contributed by atoms with Crippen molar-refractivity contribution < 1.29 is 44.3 Å². The first-order chi connectivity index (χ1) is 23.0. The van der Waals surface area contributed by atoms with Crippen LogP contribution >= 0.6 is 0 Å². The second-order valence-corrected chi connectivity index (χ2v) is 12.7. The minimum atomic E-state index is -4.98. The Kier molecular flexibility index (Phi) is 13.1. The molecule has 1 aromatic rings. The number of alkyl halides is 9. The predicted molar refractivity (Wildman–Crippen MR) is 170 cm³/mol. The van der Waals surface area contributed by atoms with Gasteiger partial charge in [0.1, 0.15) is 0 Å². The summed E-state index contributed by atoms with van der Waals surface area (Å²) in [5, 5.41) is 4.61. The molecular formula is C32H43F9N8O. The van der Waals surface area contributed by atoms with Gasteiger partial charge in [-0.25, -0.2) is 11.0 Å². The molecule has 0 aromatic heterocycles. The van der Waals surface area contributed by atoms with E-state index >= 15 is 0 Å². The van der Waals surface area contributed by atoms with Crippen LogP contribution in [-0.4, -0.2) is 90.9 Å². The molecule has 2 atom stereocenters. The first kappa shape index (κ1) is 40.7. The number of allylic oxidation sites excluding steroid dienone is 4. The van der Waals surface area contributed by atoms with E-state index in [0.29, 0.717) is 56.1 Å². The maximum atomic E-state index is 14.0. The van der Waals surface area contributed by atoms with Crippen molar-refractivity contribution in [3.8, 4) is 0 Å². The van der Waals surface area contributed by atoms with Gasteiger partial charge in [0, 0.05) is 31.8 Å². The second-order valence-electron chi connectivity index (χ2n) is 12.7. The van der Waals surface area contributed by atoms with Crippen molar-refractivity contribution in [2.75, 3.05) is 40.8 Å². The Morgan fingerprint density at radius 3 is 2.04 bits per heavy atom. The van der Waals surface area contributed by atoms with E-state index in [1.54, 1.807) is 19.0 Å². The summed E-state index contributed by atoms with van der Waals surface area (Å²) in [6.07, 6.45) is -12.6. The summed E-state index contributed by atoms with van der Waals surface area (Å²) in [4.78, 5) is 17.0. The molecule has 3 rings (SSSR count). The third-order valence-electron chi connectivity index (χ3n) is 8.78. The van der Waals surface area contributed by atoms with Crippen LogP contribution in [0.2, 0.25) is 0 Å². The van der Waals surface area contributed by atoms with E-state index in [2.05, 4.69) is 10.0 Å². The van der Waals surface area contributed by atoms with Crippen LogP contribution < -0.4 is 17.3 Å². The predicted octanol–water partition coefficient (Wildman–Crippen LogP) is 5.43. The highest BCUT2D eigenvalue weighted by atomic mass is 19.4. The third kappa shape index (κ3) is 10.6. The van der Waals surface area contributed by atoms with Crippen LogP contribution in [0.1, 0.15) is 55.3 Å². The van der Waals surface area contributed by atoms with Crippen LogP contribution in [0.15, 0.2) is 58.2 Å². The molecule has 1 fully saturated rings. The monoisotopic (exact) mass is 726 g/mol. The number of guanidine groups is 1. The molecule has 0 bridgehead atoms. The van der Waals surface area contributed by atoms with E-state index in [1.165, 1.54) is 13.1 Å². The lowest BCUT2D eigenvalue weighted by atomic mass is 9.86. The summed E-state index contributed by atoms with van der Waals surface area (Å²) in [5.41, 5.74) is 8.28. The molecule has 6 N–H and O–H groups in total. The molecule has 50 heavy (non-hydrogen) atoms. The van der Waals surface area contributed by atoms with Gasteiger partial charge in [0.15, 0.2) is 0 Å². The van der Waals surface area contributed by atoms with Gasteiger partial charge >= 0.3 is 18.5 Å². The van der Waals surface area contributed by atoms with Crippen LogP contribution in [0.3, 0.4) is 0 Å². The number of likely N-dealkylation sites (N-methyl/N-ethyl adjacent to an activating group) is 1. The van der Waals surface area contributed by atoms with E-state index in [-0.39, 0.29) is 11.5 Å². The Labute approximate surface area is 284 Å². The lowest BCUT2D eigenvalue weighted by molar-refractivity contribution is -0.137. The van der Waals surface area contributed by atoms with Crippen molar-refractivity contribution in [2.24, 2.45) is 28.3 Å². The number of hydrazine groups is 1. The summed E-state index contributed by atoms with van der Waals surface area (Å²) >= 11 is 0. The summed E-state index contributed by atoms with van der Waals surface area (Å²) < 4.78 is 125. The molecule has 1 amide bonds. The quantitative estimate of drug-likeness (QED) is 0.0916. The van der Waals surface area contributed by atoms with Crippen molar-refractivity contribution >= 4 is 11.9 Å². The average molecular weight is 727 g/mol. The Morgan fingerprint density at radius 2 is 1.56 bits per heavy atom. The smallest absolute Gasteiger partial charge is 0.368 e. The lowest BCUT2D eigenvalue weighted by Crippen LogP contribution is -2.50. The third-order valence-corrected chi connectivity index (χ3v) is 8.78. The van der Waals surface area contributed by atoms with Crippen molar-refractivity contribution in [2.45, 2.75) is 69.8 Å². The molecule has 2 unspecified atom stereocenters. The van der Waals surface area contributed by atoms with Crippen LogP contribution in [0.25, 0.3) is 0 Å². The minimum absolute atomic E-state index is 0.0544. The van der Waals surface area contributed by atoms with Crippen molar-refractivity contribution in [3.63, 3.8) is 0 Å². The summed E-state index contributed by atoms with van der Waals surface area (Å²) in [7, 11) is 4.76. The van der Waals surface area contributed by atoms with E-state index in [1.807, 2.05) is 6.92 Å². The second kappa shape index (κ2) is 16.1. The summed E-state index contributed by atoms with van der Waals surface area (Å²) in [5.74, 6) is 4.63. The Balaban J connectivity index is 2.10. The number of hydrogen-bond donors (Lipinski definition) is 3. The summed E-state index contributed by atoms with van der Waals surface area (Å²) in [6.45, 7) is 1.64. The highest BCUT2D eigenvalue weighted by molar-refractivity contribution is 5.80. The number of carbonyl (C=O) groups excluding carboxylic acids is 1. The van der Waals surface area contributed by atoms with Crippen molar-refractivity contribution in [1.29, 1.82) is 0 Å².